The lowest BCUT2D eigenvalue weighted by atomic mass is 10.2. The number of nitrogens with two attached hydrogens (primary N) is 1. The van der Waals surface area contributed by atoms with Gasteiger partial charge in [0.1, 0.15) is 17.4 Å². The maximum Gasteiger partial charge on any atom is 0.245 e. The molecule has 0 unspecified atom stereocenters. The van der Waals surface area contributed by atoms with Crippen molar-refractivity contribution in [1.82, 2.24) is 14.9 Å². The molecule has 0 aliphatic rings. The smallest absolute Gasteiger partial charge is 0.245 e. The molecule has 12 heteroatoms. The largest absolute Gasteiger partial charge is 0.497 e. The van der Waals surface area contributed by atoms with Crippen LogP contribution in [-0.2, 0) is 15.9 Å². The van der Waals surface area contributed by atoms with Crippen LogP contribution in [0.2, 0.25) is 0 Å². The minimum Gasteiger partial charge on any atom is -0.497 e. The van der Waals surface area contributed by atoms with Gasteiger partial charge in [0.2, 0.25) is 19.1 Å². The Hall–Kier alpha value is -2.69. The third-order valence-corrected chi connectivity index (χ3v) is 6.25. The molecule has 2 rings (SSSR count). The molecule has 4 N–H and O–H groups in total. The molecule has 0 radical (unpaired) electrons. The first-order chi connectivity index (χ1) is 15.5. The first-order valence-electron chi connectivity index (χ1n) is 9.73. The summed E-state index contributed by atoms with van der Waals surface area (Å²) in [6, 6.07) is 6.61. The molecule has 0 aliphatic heterocycles. The van der Waals surface area contributed by atoms with Crippen LogP contribution in [0.25, 0.3) is 0 Å². The van der Waals surface area contributed by atoms with Gasteiger partial charge in [0, 0.05) is 34.3 Å². The molecule has 178 valence electrons. The molecule has 10 nitrogen and oxygen atoms in total. The molecule has 0 saturated heterocycles. The van der Waals surface area contributed by atoms with Crippen molar-refractivity contribution in [3.8, 4) is 5.75 Å². The molecular weight excluding hydrogens is 467 g/mol. The van der Waals surface area contributed by atoms with Crippen LogP contribution in [0.4, 0.5) is 5.82 Å². The zero-order valence-corrected chi connectivity index (χ0v) is 20.3. The molecule has 33 heavy (non-hydrogen) atoms. The average Bonchev–Trinajstić information content (AvgIpc) is 2.76. The van der Waals surface area contributed by atoms with Gasteiger partial charge in [-0.05, 0) is 56.2 Å². The van der Waals surface area contributed by atoms with Gasteiger partial charge >= 0.3 is 0 Å². The Bertz CT molecular complexity index is 1070. The second kappa shape index (κ2) is 12.0. The maximum atomic E-state index is 12.9. The number of rotatable bonds is 11. The summed E-state index contributed by atoms with van der Waals surface area (Å²) in [4.78, 5) is 53.7. The number of hydrogen-bond donors (Lipinski definition) is 3. The SMILES string of the molecule is C=P(O)(O)OCC/C(SC(=O)c1ccc(OC)cc1)=C(\C)N(C=O)Cc1cnc(C)nc1N. The van der Waals surface area contributed by atoms with Crippen molar-refractivity contribution >= 4 is 43.0 Å². The fourth-order valence-electron chi connectivity index (χ4n) is 2.70. The molecular formula is C21H27N4O6PS. The fraction of sp³-hybridized carbons (Fsp3) is 0.286. The Kier molecular flexibility index (Phi) is 9.63. The van der Waals surface area contributed by atoms with E-state index in [0.29, 0.717) is 39.7 Å². The number of aromatic nitrogens is 2. The van der Waals surface area contributed by atoms with E-state index in [1.807, 2.05) is 0 Å². The van der Waals surface area contributed by atoms with Crippen molar-refractivity contribution < 1.29 is 28.6 Å². The summed E-state index contributed by atoms with van der Waals surface area (Å²) in [5, 5.41) is -0.264. The fourth-order valence-corrected chi connectivity index (χ4v) is 4.01. The molecule has 1 amide bonds. The van der Waals surface area contributed by atoms with Gasteiger partial charge in [0.25, 0.3) is 0 Å². The number of hydrogen-bond acceptors (Lipinski definition) is 10. The Balaban J connectivity index is 2.31. The number of aryl methyl sites for hydroxylation is 1. The van der Waals surface area contributed by atoms with E-state index in [-0.39, 0.29) is 30.5 Å². The van der Waals surface area contributed by atoms with E-state index in [1.165, 1.54) is 12.0 Å². The van der Waals surface area contributed by atoms with Crippen LogP contribution in [0, 0.1) is 6.92 Å². The van der Waals surface area contributed by atoms with E-state index in [2.05, 4.69) is 16.3 Å². The second-order valence-electron chi connectivity index (χ2n) is 6.94. The molecule has 0 saturated carbocycles. The van der Waals surface area contributed by atoms with Gasteiger partial charge < -0.3 is 29.7 Å². The van der Waals surface area contributed by atoms with Crippen LogP contribution in [0.3, 0.4) is 0 Å². The standard InChI is InChI=1S/C21H27N4O6PS/c1-14(25(13-26)12-17-11-23-15(2)24-20(17)22)19(9-10-31-32(4,28)29)33-21(27)16-5-7-18(30-3)8-6-16/h5-8,11,13,28-29H,4,9-10,12H2,1-3H3,(H2,22,23,24)/b19-14-. The van der Waals surface area contributed by atoms with Gasteiger partial charge in [-0.1, -0.05) is 0 Å². The van der Waals surface area contributed by atoms with Crippen LogP contribution < -0.4 is 10.5 Å². The Morgan fingerprint density at radius 3 is 2.55 bits per heavy atom. The number of nitrogen functional groups attached to an aromatic ring is 1. The van der Waals surface area contributed by atoms with Crippen molar-refractivity contribution in [3.05, 3.63) is 58.0 Å². The van der Waals surface area contributed by atoms with Crippen molar-refractivity contribution in [2.45, 2.75) is 26.8 Å². The second-order valence-corrected chi connectivity index (χ2v) is 9.59. The van der Waals surface area contributed by atoms with Gasteiger partial charge in [0.05, 0.1) is 20.3 Å². The van der Waals surface area contributed by atoms with Gasteiger partial charge in [-0.15, -0.1) is 0 Å². The number of anilines is 1. The van der Waals surface area contributed by atoms with E-state index in [1.54, 1.807) is 44.3 Å². The van der Waals surface area contributed by atoms with Crippen LogP contribution in [0.5, 0.6) is 5.75 Å². The minimum atomic E-state index is -3.70. The summed E-state index contributed by atoms with van der Waals surface area (Å²) in [5.41, 5.74) is 7.41. The number of benzene rings is 1. The van der Waals surface area contributed by atoms with Crippen molar-refractivity contribution in [2.75, 3.05) is 19.5 Å². The van der Waals surface area contributed by atoms with Crippen LogP contribution in [-0.4, -0.2) is 56.2 Å². The van der Waals surface area contributed by atoms with E-state index in [9.17, 15) is 19.4 Å². The number of nitrogens with zero attached hydrogens (tertiary/aromatic N) is 3. The first-order valence-corrected chi connectivity index (χ1v) is 12.3. The monoisotopic (exact) mass is 494 g/mol. The quantitative estimate of drug-likeness (QED) is 0.314. The Labute approximate surface area is 196 Å². The molecule has 1 aromatic carbocycles. The van der Waals surface area contributed by atoms with Gasteiger partial charge in [-0.2, -0.15) is 0 Å². The first kappa shape index (κ1) is 26.6. The zero-order valence-electron chi connectivity index (χ0n) is 18.6. The third-order valence-electron chi connectivity index (χ3n) is 4.49. The molecule has 0 aliphatic carbocycles. The lowest BCUT2D eigenvalue weighted by Crippen LogP contribution is -2.22. The lowest BCUT2D eigenvalue weighted by Gasteiger charge is -2.22. The lowest BCUT2D eigenvalue weighted by molar-refractivity contribution is -0.116. The number of carbonyl (C=O) groups excluding carboxylic acids is 2. The number of allylic oxidation sites excluding steroid dienone is 1. The highest BCUT2D eigenvalue weighted by Gasteiger charge is 2.19. The van der Waals surface area contributed by atoms with Crippen LogP contribution in [0.15, 0.2) is 41.1 Å². The number of carbonyl (C=O) groups is 2. The molecule has 1 heterocycles. The number of ether oxygens (including phenoxy) is 1. The molecule has 0 fully saturated rings. The van der Waals surface area contributed by atoms with Gasteiger partial charge in [-0.25, -0.2) is 9.97 Å². The average molecular weight is 495 g/mol. The summed E-state index contributed by atoms with van der Waals surface area (Å²) in [7, 11) is -2.17. The van der Waals surface area contributed by atoms with Crippen LogP contribution in [0.1, 0.15) is 35.1 Å². The Morgan fingerprint density at radius 1 is 1.33 bits per heavy atom. The molecule has 0 atom stereocenters. The van der Waals surface area contributed by atoms with Gasteiger partial charge in [0.15, 0.2) is 0 Å². The molecule has 1 aromatic heterocycles. The van der Waals surface area contributed by atoms with Crippen molar-refractivity contribution in [1.29, 1.82) is 0 Å². The van der Waals surface area contributed by atoms with Gasteiger partial charge in [-0.3, -0.25) is 9.59 Å². The summed E-state index contributed by atoms with van der Waals surface area (Å²) in [6.07, 6.45) is 5.46. The predicted octanol–water partition coefficient (Wildman–Crippen LogP) is 2.73. The highest BCUT2D eigenvalue weighted by Crippen LogP contribution is 2.37. The highest BCUT2D eigenvalue weighted by molar-refractivity contribution is 8.17. The summed E-state index contributed by atoms with van der Waals surface area (Å²) in [5.74, 6) is 1.37. The van der Waals surface area contributed by atoms with E-state index < -0.39 is 7.57 Å². The number of amides is 1. The normalized spacial score (nSPS) is 12.2. The maximum absolute atomic E-state index is 12.9. The van der Waals surface area contributed by atoms with E-state index in [0.717, 1.165) is 11.8 Å². The Morgan fingerprint density at radius 2 is 2.00 bits per heavy atom. The van der Waals surface area contributed by atoms with Crippen molar-refractivity contribution in [3.63, 3.8) is 0 Å². The topological polar surface area (TPSA) is 148 Å². The van der Waals surface area contributed by atoms with E-state index >= 15 is 0 Å². The van der Waals surface area contributed by atoms with E-state index in [4.69, 9.17) is 15.0 Å². The summed E-state index contributed by atoms with van der Waals surface area (Å²) in [6.45, 7) is 3.36. The molecule has 2 aromatic rings. The summed E-state index contributed by atoms with van der Waals surface area (Å²) < 4.78 is 10.1. The van der Waals surface area contributed by atoms with Crippen LogP contribution >= 0.6 is 19.3 Å². The molecule has 0 bridgehead atoms. The third kappa shape index (κ3) is 8.30. The summed E-state index contributed by atoms with van der Waals surface area (Å²) >= 11 is 0.916. The molecule has 0 spiro atoms. The highest BCUT2D eigenvalue weighted by atomic mass is 32.2. The van der Waals surface area contributed by atoms with Crippen molar-refractivity contribution in [2.24, 2.45) is 0 Å². The number of thioether (sulfide) groups is 1. The minimum absolute atomic E-state index is 0.0926. The number of methoxy groups -OCH3 is 1. The predicted molar refractivity (Wildman–Crippen MR) is 129 cm³/mol. The zero-order chi connectivity index (χ0) is 24.6.